The number of aliphatic carboxylic acids is 1. The second kappa shape index (κ2) is 6.90. The van der Waals surface area contributed by atoms with Crippen LogP contribution in [0.5, 0.6) is 0 Å². The molecular weight excluding hydrogens is 228 g/mol. The molecule has 0 aromatic heterocycles. The van der Waals surface area contributed by atoms with Gasteiger partial charge in [0.05, 0.1) is 0 Å². The maximum Gasteiger partial charge on any atom is 0.331 e. The molecule has 4 heteroatoms. The first-order chi connectivity index (χ1) is 8.47. The smallest absolute Gasteiger partial charge is 0.331 e. The third kappa shape index (κ3) is 4.78. The van der Waals surface area contributed by atoms with Crippen LogP contribution < -0.4 is 5.32 Å². The zero-order valence-electron chi connectivity index (χ0n) is 11.8. The minimum Gasteiger partial charge on any atom is -0.478 e. The average Bonchev–Trinajstić information content (AvgIpc) is 2.33. The summed E-state index contributed by atoms with van der Waals surface area (Å²) in [5.74, 6) is -0.801. The highest BCUT2D eigenvalue weighted by molar-refractivity contribution is 5.86. The summed E-state index contributed by atoms with van der Waals surface area (Å²) in [6, 6.07) is 0. The third-order valence-corrected chi connectivity index (χ3v) is 3.89. The van der Waals surface area contributed by atoms with Gasteiger partial charge in [-0.25, -0.2) is 4.79 Å². The first-order valence-corrected chi connectivity index (χ1v) is 6.78. The van der Waals surface area contributed by atoms with E-state index < -0.39 is 5.97 Å². The Bertz CT molecular complexity index is 305. The summed E-state index contributed by atoms with van der Waals surface area (Å²) in [6.07, 6.45) is 4.79. The van der Waals surface area contributed by atoms with E-state index in [0.29, 0.717) is 24.0 Å². The molecule has 2 N–H and O–H groups in total. The van der Waals surface area contributed by atoms with Gasteiger partial charge in [0.15, 0.2) is 0 Å². The van der Waals surface area contributed by atoms with Gasteiger partial charge in [-0.2, -0.15) is 0 Å². The molecule has 104 valence electrons. The minimum absolute atomic E-state index is 0.357. The fraction of sp³-hybridized carbons (Fsp3) is 0.786. The van der Waals surface area contributed by atoms with Gasteiger partial charge in [0, 0.05) is 18.7 Å². The molecule has 0 unspecified atom stereocenters. The standard InChI is InChI=1S/C14H26N2O2/c1-4-12(13(17)18)5-8-15-11-14(2)6-9-16(3)10-7-14/h5,15H,4,6-11H2,1-3H3,(H,17,18). The van der Waals surface area contributed by atoms with E-state index >= 15 is 0 Å². The van der Waals surface area contributed by atoms with Crippen LogP contribution in [0.1, 0.15) is 33.1 Å². The number of hydrogen-bond acceptors (Lipinski definition) is 3. The van der Waals surface area contributed by atoms with Crippen molar-refractivity contribution in [2.24, 2.45) is 5.41 Å². The summed E-state index contributed by atoms with van der Waals surface area (Å²) >= 11 is 0. The lowest BCUT2D eigenvalue weighted by Crippen LogP contribution is -2.42. The van der Waals surface area contributed by atoms with Gasteiger partial charge in [-0.3, -0.25) is 0 Å². The fourth-order valence-corrected chi connectivity index (χ4v) is 2.29. The molecule has 0 amide bonds. The Morgan fingerprint density at radius 1 is 1.44 bits per heavy atom. The predicted octanol–water partition coefficient (Wildman–Crippen LogP) is 1.73. The highest BCUT2D eigenvalue weighted by Gasteiger charge is 2.27. The van der Waals surface area contributed by atoms with Crippen LogP contribution in [-0.2, 0) is 4.79 Å². The SMILES string of the molecule is CCC(=CCNCC1(C)CCN(C)CC1)C(=O)O. The minimum atomic E-state index is -0.801. The summed E-state index contributed by atoms with van der Waals surface area (Å²) in [5, 5.41) is 12.3. The molecular formula is C14H26N2O2. The summed E-state index contributed by atoms with van der Waals surface area (Å²) in [4.78, 5) is 13.2. The Morgan fingerprint density at radius 3 is 2.56 bits per heavy atom. The lowest BCUT2D eigenvalue weighted by atomic mass is 9.80. The number of carboxylic acids is 1. The van der Waals surface area contributed by atoms with Gasteiger partial charge in [0.25, 0.3) is 0 Å². The van der Waals surface area contributed by atoms with Crippen molar-refractivity contribution in [3.8, 4) is 0 Å². The van der Waals surface area contributed by atoms with Crippen molar-refractivity contribution in [2.75, 3.05) is 33.2 Å². The topological polar surface area (TPSA) is 52.6 Å². The molecule has 1 rings (SSSR count). The molecule has 1 aliphatic heterocycles. The van der Waals surface area contributed by atoms with Crippen molar-refractivity contribution in [2.45, 2.75) is 33.1 Å². The predicted molar refractivity (Wildman–Crippen MR) is 73.7 cm³/mol. The third-order valence-electron chi connectivity index (χ3n) is 3.89. The molecule has 1 fully saturated rings. The van der Waals surface area contributed by atoms with Crippen molar-refractivity contribution in [3.63, 3.8) is 0 Å². The Hall–Kier alpha value is -0.870. The molecule has 0 aromatic rings. The molecule has 1 aliphatic rings. The van der Waals surface area contributed by atoms with E-state index in [-0.39, 0.29) is 0 Å². The van der Waals surface area contributed by atoms with E-state index in [1.807, 2.05) is 6.92 Å². The normalized spacial score (nSPS) is 20.9. The van der Waals surface area contributed by atoms with Crippen LogP contribution in [0.3, 0.4) is 0 Å². The quantitative estimate of drug-likeness (QED) is 0.560. The number of carbonyl (C=O) groups is 1. The zero-order chi connectivity index (χ0) is 13.6. The van der Waals surface area contributed by atoms with Crippen LogP contribution in [0.2, 0.25) is 0 Å². The molecule has 0 atom stereocenters. The van der Waals surface area contributed by atoms with Gasteiger partial charge in [-0.15, -0.1) is 0 Å². The van der Waals surface area contributed by atoms with Gasteiger partial charge in [0.1, 0.15) is 0 Å². The van der Waals surface area contributed by atoms with Crippen LogP contribution in [-0.4, -0.2) is 49.2 Å². The molecule has 0 aliphatic carbocycles. The molecule has 18 heavy (non-hydrogen) atoms. The summed E-state index contributed by atoms with van der Waals surface area (Å²) in [7, 11) is 2.16. The van der Waals surface area contributed by atoms with E-state index in [1.165, 1.54) is 12.8 Å². The second-order valence-electron chi connectivity index (χ2n) is 5.63. The van der Waals surface area contributed by atoms with Crippen molar-refractivity contribution in [1.82, 2.24) is 10.2 Å². The van der Waals surface area contributed by atoms with Crippen LogP contribution >= 0.6 is 0 Å². The van der Waals surface area contributed by atoms with Gasteiger partial charge >= 0.3 is 5.97 Å². The molecule has 4 nitrogen and oxygen atoms in total. The zero-order valence-corrected chi connectivity index (χ0v) is 11.8. The number of nitrogens with zero attached hydrogens (tertiary/aromatic N) is 1. The summed E-state index contributed by atoms with van der Waals surface area (Å²) in [6.45, 7) is 8.12. The van der Waals surface area contributed by atoms with Crippen molar-refractivity contribution in [1.29, 1.82) is 0 Å². The maximum absolute atomic E-state index is 10.8. The van der Waals surface area contributed by atoms with E-state index in [2.05, 4.69) is 24.2 Å². The number of carboxylic acid groups (broad SMARTS) is 1. The molecule has 1 saturated heterocycles. The first kappa shape index (κ1) is 15.2. The maximum atomic E-state index is 10.8. The largest absolute Gasteiger partial charge is 0.478 e. The van der Waals surface area contributed by atoms with Gasteiger partial charge < -0.3 is 15.3 Å². The van der Waals surface area contributed by atoms with Gasteiger partial charge in [-0.1, -0.05) is 19.9 Å². The first-order valence-electron chi connectivity index (χ1n) is 6.78. The number of nitrogens with one attached hydrogen (secondary N) is 1. The van der Waals surface area contributed by atoms with E-state index in [4.69, 9.17) is 5.11 Å². The fourth-order valence-electron chi connectivity index (χ4n) is 2.29. The van der Waals surface area contributed by atoms with Gasteiger partial charge in [0.2, 0.25) is 0 Å². The Morgan fingerprint density at radius 2 is 2.06 bits per heavy atom. The molecule has 0 radical (unpaired) electrons. The number of likely N-dealkylation sites (tertiary alicyclic amines) is 1. The summed E-state index contributed by atoms with van der Waals surface area (Å²) < 4.78 is 0. The Labute approximate surface area is 110 Å². The molecule has 1 heterocycles. The van der Waals surface area contributed by atoms with Crippen molar-refractivity contribution >= 4 is 5.97 Å². The molecule has 0 spiro atoms. The van der Waals surface area contributed by atoms with E-state index in [9.17, 15) is 4.79 Å². The average molecular weight is 254 g/mol. The second-order valence-corrected chi connectivity index (χ2v) is 5.63. The number of hydrogen-bond donors (Lipinski definition) is 2. The lowest BCUT2D eigenvalue weighted by Gasteiger charge is -2.38. The monoisotopic (exact) mass is 254 g/mol. The van der Waals surface area contributed by atoms with Crippen molar-refractivity contribution < 1.29 is 9.90 Å². The van der Waals surface area contributed by atoms with E-state index in [1.54, 1.807) is 6.08 Å². The molecule has 0 bridgehead atoms. The highest BCUT2D eigenvalue weighted by Crippen LogP contribution is 2.29. The van der Waals surface area contributed by atoms with Crippen molar-refractivity contribution in [3.05, 3.63) is 11.6 Å². The van der Waals surface area contributed by atoms with Crippen LogP contribution in [0.15, 0.2) is 11.6 Å². The summed E-state index contributed by atoms with van der Waals surface area (Å²) in [5.41, 5.74) is 0.853. The molecule has 0 saturated carbocycles. The van der Waals surface area contributed by atoms with Gasteiger partial charge in [-0.05, 0) is 44.8 Å². The van der Waals surface area contributed by atoms with Crippen LogP contribution in [0, 0.1) is 5.41 Å². The Balaban J connectivity index is 2.31. The molecule has 0 aromatic carbocycles. The van der Waals surface area contributed by atoms with E-state index in [0.717, 1.165) is 19.6 Å². The Kier molecular flexibility index (Phi) is 5.82. The van der Waals surface area contributed by atoms with Crippen LogP contribution in [0.4, 0.5) is 0 Å². The number of rotatable bonds is 6. The lowest BCUT2D eigenvalue weighted by molar-refractivity contribution is -0.132. The highest BCUT2D eigenvalue weighted by atomic mass is 16.4. The van der Waals surface area contributed by atoms with Crippen LogP contribution in [0.25, 0.3) is 0 Å². The number of piperidine rings is 1.